The minimum absolute atomic E-state index is 0.0481. The Morgan fingerprint density at radius 1 is 1.12 bits per heavy atom. The van der Waals surface area contributed by atoms with Gasteiger partial charge >= 0.3 is 6.18 Å². The maximum absolute atomic E-state index is 12.4. The maximum Gasteiger partial charge on any atom is 0.397 e. The zero-order valence-electron chi connectivity index (χ0n) is 13.4. The third kappa shape index (κ3) is 3.96. The summed E-state index contributed by atoms with van der Waals surface area (Å²) < 4.78 is 37.1. The Morgan fingerprint density at radius 3 is 2.42 bits per heavy atom. The first kappa shape index (κ1) is 17.0. The molecule has 2 aliphatic heterocycles. The molecule has 8 heteroatoms. The van der Waals surface area contributed by atoms with E-state index in [-0.39, 0.29) is 5.41 Å². The third-order valence-corrected chi connectivity index (χ3v) is 5.02. The predicted octanol–water partition coefficient (Wildman–Crippen LogP) is 2.64. The van der Waals surface area contributed by atoms with Gasteiger partial charge in [0.1, 0.15) is 6.42 Å². The topological polar surface area (TPSA) is 49.3 Å². The lowest BCUT2D eigenvalue weighted by Gasteiger charge is -2.47. The van der Waals surface area contributed by atoms with Crippen LogP contribution in [0.4, 0.5) is 19.1 Å². The third-order valence-electron chi connectivity index (χ3n) is 5.02. The van der Waals surface area contributed by atoms with Gasteiger partial charge in [0.05, 0.1) is 0 Å². The SMILES string of the molecule is O=C(CC(F)(F)F)N1CCC2(CCCN(c3ncccn3)C2)CC1. The molecule has 1 amide bonds. The lowest BCUT2D eigenvalue weighted by molar-refractivity contribution is -0.163. The number of aromatic nitrogens is 2. The minimum atomic E-state index is -4.43. The van der Waals surface area contributed by atoms with Crippen LogP contribution in [0.25, 0.3) is 0 Å². The summed E-state index contributed by atoms with van der Waals surface area (Å²) in [6, 6.07) is 1.77. The van der Waals surface area contributed by atoms with E-state index < -0.39 is 18.5 Å². The monoisotopic (exact) mass is 342 g/mol. The molecule has 24 heavy (non-hydrogen) atoms. The number of amides is 1. The molecular formula is C16H21F3N4O. The van der Waals surface area contributed by atoms with Gasteiger partial charge < -0.3 is 9.80 Å². The Kier molecular flexibility index (Phi) is 4.64. The molecule has 0 atom stereocenters. The molecule has 2 aliphatic rings. The van der Waals surface area contributed by atoms with Crippen molar-refractivity contribution in [1.29, 1.82) is 0 Å². The highest BCUT2D eigenvalue weighted by atomic mass is 19.4. The van der Waals surface area contributed by atoms with Crippen molar-refractivity contribution in [2.45, 2.75) is 38.3 Å². The number of hydrogen-bond acceptors (Lipinski definition) is 4. The van der Waals surface area contributed by atoms with Crippen molar-refractivity contribution >= 4 is 11.9 Å². The molecule has 1 aromatic rings. The summed E-state index contributed by atoms with van der Waals surface area (Å²) in [5.74, 6) is -0.108. The van der Waals surface area contributed by atoms with Crippen LogP contribution in [0.15, 0.2) is 18.5 Å². The fraction of sp³-hybridized carbons (Fsp3) is 0.688. The van der Waals surface area contributed by atoms with E-state index in [0.29, 0.717) is 19.0 Å². The van der Waals surface area contributed by atoms with Crippen LogP contribution in [0.5, 0.6) is 0 Å². The summed E-state index contributed by atoms with van der Waals surface area (Å²) in [7, 11) is 0. The normalized spacial score (nSPS) is 21.1. The first-order valence-electron chi connectivity index (χ1n) is 8.23. The highest BCUT2D eigenvalue weighted by Gasteiger charge is 2.41. The van der Waals surface area contributed by atoms with E-state index >= 15 is 0 Å². The van der Waals surface area contributed by atoms with E-state index in [1.807, 2.05) is 0 Å². The Bertz CT molecular complexity index is 570. The summed E-state index contributed by atoms with van der Waals surface area (Å²) in [6.45, 7) is 2.50. The molecular weight excluding hydrogens is 321 g/mol. The van der Waals surface area contributed by atoms with E-state index in [1.54, 1.807) is 18.5 Å². The first-order valence-corrected chi connectivity index (χ1v) is 8.23. The molecule has 5 nitrogen and oxygen atoms in total. The van der Waals surface area contributed by atoms with Crippen molar-refractivity contribution in [3.8, 4) is 0 Å². The Labute approximate surface area is 138 Å². The number of halogens is 3. The van der Waals surface area contributed by atoms with Gasteiger partial charge in [0, 0.05) is 38.6 Å². The largest absolute Gasteiger partial charge is 0.397 e. The average molecular weight is 342 g/mol. The molecule has 1 aromatic heterocycles. The smallest absolute Gasteiger partial charge is 0.342 e. The van der Waals surface area contributed by atoms with Crippen LogP contribution in [0, 0.1) is 5.41 Å². The van der Waals surface area contributed by atoms with Crippen molar-refractivity contribution in [1.82, 2.24) is 14.9 Å². The van der Waals surface area contributed by atoms with Gasteiger partial charge in [-0.1, -0.05) is 0 Å². The van der Waals surface area contributed by atoms with Gasteiger partial charge in [0.2, 0.25) is 11.9 Å². The minimum Gasteiger partial charge on any atom is -0.342 e. The zero-order chi connectivity index (χ0) is 17.2. The van der Waals surface area contributed by atoms with Crippen LogP contribution >= 0.6 is 0 Å². The second-order valence-corrected chi connectivity index (χ2v) is 6.75. The van der Waals surface area contributed by atoms with Gasteiger partial charge in [0.15, 0.2) is 0 Å². The second-order valence-electron chi connectivity index (χ2n) is 6.75. The molecule has 2 fully saturated rings. The van der Waals surface area contributed by atoms with Crippen LogP contribution in [0.2, 0.25) is 0 Å². The van der Waals surface area contributed by atoms with Crippen LogP contribution < -0.4 is 4.90 Å². The molecule has 3 heterocycles. The summed E-state index contributed by atoms with van der Waals surface area (Å²) in [4.78, 5) is 23.8. The van der Waals surface area contributed by atoms with Crippen LogP contribution in [0.3, 0.4) is 0 Å². The van der Waals surface area contributed by atoms with Crippen molar-refractivity contribution < 1.29 is 18.0 Å². The van der Waals surface area contributed by atoms with Crippen molar-refractivity contribution in [2.24, 2.45) is 5.41 Å². The first-order chi connectivity index (χ1) is 11.4. The Morgan fingerprint density at radius 2 is 1.79 bits per heavy atom. The molecule has 0 aromatic carbocycles. The van der Waals surface area contributed by atoms with E-state index in [4.69, 9.17) is 0 Å². The van der Waals surface area contributed by atoms with Crippen LogP contribution in [-0.4, -0.2) is 53.1 Å². The number of likely N-dealkylation sites (tertiary alicyclic amines) is 1. The average Bonchev–Trinajstić information content (AvgIpc) is 2.55. The van der Waals surface area contributed by atoms with Gasteiger partial charge in [-0.25, -0.2) is 9.97 Å². The van der Waals surface area contributed by atoms with Crippen molar-refractivity contribution in [2.75, 3.05) is 31.1 Å². The number of anilines is 1. The van der Waals surface area contributed by atoms with Gasteiger partial charge in [-0.15, -0.1) is 0 Å². The zero-order valence-corrected chi connectivity index (χ0v) is 13.4. The van der Waals surface area contributed by atoms with Crippen LogP contribution in [-0.2, 0) is 4.79 Å². The van der Waals surface area contributed by atoms with Crippen molar-refractivity contribution in [3.63, 3.8) is 0 Å². The highest BCUT2D eigenvalue weighted by Crippen LogP contribution is 2.40. The standard InChI is InChI=1S/C16H21F3N4O/c17-16(18,19)11-13(24)22-9-4-15(5-10-22)3-1-8-23(12-15)14-20-6-2-7-21-14/h2,6-7H,1,3-5,8-12H2. The number of rotatable bonds is 2. The Hall–Kier alpha value is -1.86. The molecule has 132 valence electrons. The number of carbonyl (C=O) groups excluding carboxylic acids is 1. The van der Waals surface area contributed by atoms with E-state index in [9.17, 15) is 18.0 Å². The Balaban J connectivity index is 1.59. The second kappa shape index (κ2) is 6.57. The van der Waals surface area contributed by atoms with Crippen molar-refractivity contribution in [3.05, 3.63) is 18.5 Å². The summed E-state index contributed by atoms with van der Waals surface area (Å²) >= 11 is 0. The molecule has 0 radical (unpaired) electrons. The van der Waals surface area contributed by atoms with Gasteiger partial charge in [-0.05, 0) is 37.2 Å². The molecule has 1 spiro atoms. The predicted molar refractivity (Wildman–Crippen MR) is 82.4 cm³/mol. The van der Waals surface area contributed by atoms with Gasteiger partial charge in [-0.3, -0.25) is 4.79 Å². The van der Waals surface area contributed by atoms with Gasteiger partial charge in [0.25, 0.3) is 0 Å². The number of piperidine rings is 2. The molecule has 0 saturated carbocycles. The summed E-state index contributed by atoms with van der Waals surface area (Å²) in [5, 5.41) is 0. The van der Waals surface area contributed by atoms with E-state index in [1.165, 1.54) is 4.90 Å². The summed E-state index contributed by atoms with van der Waals surface area (Å²) in [6.07, 6.45) is 1.15. The number of hydrogen-bond donors (Lipinski definition) is 0. The number of nitrogens with zero attached hydrogens (tertiary/aromatic N) is 4. The number of carbonyl (C=O) groups is 1. The lowest BCUT2D eigenvalue weighted by Crippen LogP contribution is -2.51. The van der Waals surface area contributed by atoms with E-state index in [0.717, 1.165) is 38.8 Å². The molecule has 2 saturated heterocycles. The quantitative estimate of drug-likeness (QED) is 0.829. The molecule has 3 rings (SSSR count). The lowest BCUT2D eigenvalue weighted by atomic mass is 9.72. The molecule has 0 aliphatic carbocycles. The number of alkyl halides is 3. The van der Waals surface area contributed by atoms with E-state index in [2.05, 4.69) is 14.9 Å². The highest BCUT2D eigenvalue weighted by molar-refractivity contribution is 5.76. The molecule has 0 bridgehead atoms. The maximum atomic E-state index is 12.4. The fourth-order valence-corrected chi connectivity index (χ4v) is 3.75. The van der Waals surface area contributed by atoms with Gasteiger partial charge in [-0.2, -0.15) is 13.2 Å². The fourth-order valence-electron chi connectivity index (χ4n) is 3.75. The van der Waals surface area contributed by atoms with Crippen LogP contribution in [0.1, 0.15) is 32.1 Å². The molecule has 0 unspecified atom stereocenters. The molecule has 0 N–H and O–H groups in total. The summed E-state index contributed by atoms with van der Waals surface area (Å²) in [5.41, 5.74) is 0.0481.